The molecule has 0 spiro atoms. The van der Waals surface area contributed by atoms with Crippen LogP contribution in [0.4, 0.5) is 0 Å². The van der Waals surface area contributed by atoms with E-state index in [2.05, 4.69) is 32.4 Å². The first-order chi connectivity index (χ1) is 9.10. The molecule has 0 heterocycles. The van der Waals surface area contributed by atoms with Crippen LogP contribution in [0.3, 0.4) is 0 Å². The maximum Gasteiger partial charge on any atom is 0.302 e. The van der Waals surface area contributed by atoms with Crippen molar-refractivity contribution in [1.29, 1.82) is 0 Å². The lowest BCUT2D eigenvalue weighted by atomic mass is 10.2. The quantitative estimate of drug-likeness (QED) is 0.463. The number of unbranched alkanes of at least 4 members (excludes halogenated alkanes) is 3. The highest BCUT2D eigenvalue weighted by Crippen LogP contribution is 1.95. The molecule has 0 saturated carbocycles. The lowest BCUT2D eigenvalue weighted by Crippen LogP contribution is -1.95. The predicted molar refractivity (Wildman–Crippen MR) is 83.5 cm³/mol. The van der Waals surface area contributed by atoms with Gasteiger partial charge in [0.05, 0.1) is 6.61 Å². The van der Waals surface area contributed by atoms with Crippen molar-refractivity contribution in [2.75, 3.05) is 19.8 Å². The number of hydrogen-bond donors (Lipinski definition) is 0. The number of carbonyl (C=O) groups excluding carboxylic acids is 1. The van der Waals surface area contributed by atoms with Crippen LogP contribution >= 0.6 is 0 Å². The van der Waals surface area contributed by atoms with Gasteiger partial charge in [-0.05, 0) is 19.8 Å². The van der Waals surface area contributed by atoms with E-state index in [1.165, 1.54) is 32.6 Å². The van der Waals surface area contributed by atoms with Gasteiger partial charge in [0.2, 0.25) is 0 Å². The normalized spacial score (nSPS) is 8.74. The number of esters is 1. The first-order valence-electron chi connectivity index (χ1n) is 7.81. The summed E-state index contributed by atoms with van der Waals surface area (Å²) in [4.78, 5) is 9.82. The van der Waals surface area contributed by atoms with Crippen molar-refractivity contribution in [3.05, 3.63) is 0 Å². The third kappa shape index (κ3) is 46.7. The Morgan fingerprint density at radius 1 is 0.789 bits per heavy atom. The Morgan fingerprint density at radius 3 is 1.37 bits per heavy atom. The summed E-state index contributed by atoms with van der Waals surface area (Å²) in [6.45, 7) is 14.2. The molecule has 0 saturated heterocycles. The monoisotopic (exact) mass is 276 g/mol. The van der Waals surface area contributed by atoms with Crippen molar-refractivity contribution in [1.82, 2.24) is 0 Å². The summed E-state index contributed by atoms with van der Waals surface area (Å²) in [5.41, 5.74) is 0. The van der Waals surface area contributed by atoms with Crippen LogP contribution in [-0.2, 0) is 14.3 Å². The van der Waals surface area contributed by atoms with Gasteiger partial charge in [-0.1, -0.05) is 53.4 Å². The average Bonchev–Trinajstić information content (AvgIpc) is 2.38. The summed E-state index contributed by atoms with van der Waals surface area (Å²) in [5, 5.41) is 0. The minimum absolute atomic E-state index is 0.211. The van der Waals surface area contributed by atoms with Gasteiger partial charge in [-0.25, -0.2) is 0 Å². The molecule has 0 aliphatic rings. The molecule has 0 fully saturated rings. The highest BCUT2D eigenvalue weighted by molar-refractivity contribution is 5.65. The summed E-state index contributed by atoms with van der Waals surface area (Å²) in [6.07, 6.45) is 7.81. The Bertz CT molecular complexity index is 139. The summed E-state index contributed by atoms with van der Waals surface area (Å²) in [5.74, 6) is -0.211. The fourth-order valence-electron chi connectivity index (χ4n) is 1.09. The molecule has 0 N–H and O–H groups in total. The van der Waals surface area contributed by atoms with Crippen LogP contribution in [0.15, 0.2) is 0 Å². The molecule has 0 atom stereocenters. The van der Waals surface area contributed by atoms with Crippen LogP contribution in [0.5, 0.6) is 0 Å². The zero-order valence-electron chi connectivity index (χ0n) is 14.1. The molecule has 3 heteroatoms. The zero-order chi connectivity index (χ0) is 15.4. The SMILES string of the molecule is CCCCCC.CCCOCCC.CCOC(C)=O. The van der Waals surface area contributed by atoms with Gasteiger partial charge < -0.3 is 9.47 Å². The van der Waals surface area contributed by atoms with Crippen molar-refractivity contribution in [3.63, 3.8) is 0 Å². The smallest absolute Gasteiger partial charge is 0.302 e. The van der Waals surface area contributed by atoms with E-state index in [1.807, 2.05) is 0 Å². The van der Waals surface area contributed by atoms with Crippen LogP contribution in [0.25, 0.3) is 0 Å². The number of hydrogen-bond acceptors (Lipinski definition) is 3. The van der Waals surface area contributed by atoms with Gasteiger partial charge >= 0.3 is 5.97 Å². The Hall–Kier alpha value is -0.570. The minimum Gasteiger partial charge on any atom is -0.466 e. The molecule has 0 aromatic heterocycles. The standard InChI is InChI=1S/C6H14O.C6H14.C4H8O2/c1-3-5-7-6-4-2;1-3-5-6-4-2;1-3-6-4(2)5/h3-6H2,1-2H3;3-6H2,1-2H3;3H2,1-2H3. The molecule has 0 radical (unpaired) electrons. The summed E-state index contributed by atoms with van der Waals surface area (Å²) in [7, 11) is 0. The van der Waals surface area contributed by atoms with Crippen molar-refractivity contribution < 1.29 is 14.3 Å². The van der Waals surface area contributed by atoms with E-state index in [0.717, 1.165) is 26.1 Å². The third-order valence-electron chi connectivity index (χ3n) is 2.00. The van der Waals surface area contributed by atoms with E-state index in [-0.39, 0.29) is 5.97 Å². The van der Waals surface area contributed by atoms with E-state index >= 15 is 0 Å². The van der Waals surface area contributed by atoms with Gasteiger partial charge in [0, 0.05) is 20.1 Å². The lowest BCUT2D eigenvalue weighted by molar-refractivity contribution is -0.140. The largest absolute Gasteiger partial charge is 0.466 e. The highest BCUT2D eigenvalue weighted by atomic mass is 16.5. The average molecular weight is 276 g/mol. The second-order valence-electron chi connectivity index (χ2n) is 4.24. The van der Waals surface area contributed by atoms with Gasteiger partial charge in [-0.2, -0.15) is 0 Å². The third-order valence-corrected chi connectivity index (χ3v) is 2.00. The molecular formula is C16H36O3. The molecule has 0 aromatic carbocycles. The van der Waals surface area contributed by atoms with Crippen LogP contribution in [0.2, 0.25) is 0 Å². The number of carbonyl (C=O) groups is 1. The van der Waals surface area contributed by atoms with E-state index in [4.69, 9.17) is 4.74 Å². The Kier molecular flexibility index (Phi) is 32.3. The van der Waals surface area contributed by atoms with Gasteiger partial charge in [-0.3, -0.25) is 4.79 Å². The minimum atomic E-state index is -0.211. The topological polar surface area (TPSA) is 35.5 Å². The molecule has 118 valence electrons. The predicted octanol–water partition coefficient (Wildman–Crippen LogP) is 4.98. The first kappa shape index (κ1) is 23.5. The molecule has 0 aliphatic carbocycles. The molecule has 0 rings (SSSR count). The van der Waals surface area contributed by atoms with Crippen LogP contribution in [0, 0.1) is 0 Å². The number of ether oxygens (including phenoxy) is 2. The molecule has 19 heavy (non-hydrogen) atoms. The van der Waals surface area contributed by atoms with Crippen LogP contribution in [-0.4, -0.2) is 25.8 Å². The lowest BCUT2D eigenvalue weighted by Gasteiger charge is -1.95. The number of rotatable bonds is 8. The fraction of sp³-hybridized carbons (Fsp3) is 0.938. The van der Waals surface area contributed by atoms with Crippen LogP contribution < -0.4 is 0 Å². The second-order valence-corrected chi connectivity index (χ2v) is 4.24. The summed E-state index contributed by atoms with van der Waals surface area (Å²) in [6, 6.07) is 0. The van der Waals surface area contributed by atoms with E-state index < -0.39 is 0 Å². The molecule has 0 unspecified atom stereocenters. The van der Waals surface area contributed by atoms with Crippen molar-refractivity contribution >= 4 is 5.97 Å². The molecule has 0 amide bonds. The Labute approximate surface area is 121 Å². The molecular weight excluding hydrogens is 240 g/mol. The van der Waals surface area contributed by atoms with E-state index in [9.17, 15) is 4.79 Å². The second kappa shape index (κ2) is 26.1. The Morgan fingerprint density at radius 2 is 1.21 bits per heavy atom. The molecule has 3 nitrogen and oxygen atoms in total. The maximum absolute atomic E-state index is 9.82. The van der Waals surface area contributed by atoms with Crippen LogP contribution in [0.1, 0.15) is 80.1 Å². The van der Waals surface area contributed by atoms with Gasteiger partial charge in [0.15, 0.2) is 0 Å². The van der Waals surface area contributed by atoms with Crippen molar-refractivity contribution in [3.8, 4) is 0 Å². The Balaban J connectivity index is -0.000000203. The van der Waals surface area contributed by atoms with Crippen molar-refractivity contribution in [2.24, 2.45) is 0 Å². The first-order valence-corrected chi connectivity index (χ1v) is 7.81. The van der Waals surface area contributed by atoms with Gasteiger partial charge in [0.25, 0.3) is 0 Å². The molecule has 0 bridgehead atoms. The van der Waals surface area contributed by atoms with Gasteiger partial charge in [0.1, 0.15) is 0 Å². The van der Waals surface area contributed by atoms with E-state index in [0.29, 0.717) is 6.61 Å². The molecule has 0 aliphatic heterocycles. The summed E-state index contributed by atoms with van der Waals surface area (Å²) < 4.78 is 9.53. The highest BCUT2D eigenvalue weighted by Gasteiger charge is 1.81. The maximum atomic E-state index is 9.82. The zero-order valence-corrected chi connectivity index (χ0v) is 14.1. The van der Waals surface area contributed by atoms with E-state index in [1.54, 1.807) is 6.92 Å². The van der Waals surface area contributed by atoms with Crippen molar-refractivity contribution in [2.45, 2.75) is 80.1 Å². The molecule has 0 aromatic rings. The summed E-state index contributed by atoms with van der Waals surface area (Å²) >= 11 is 0. The van der Waals surface area contributed by atoms with Gasteiger partial charge in [-0.15, -0.1) is 0 Å². The fourth-order valence-corrected chi connectivity index (χ4v) is 1.09.